The van der Waals surface area contributed by atoms with Crippen LogP contribution >= 0.6 is 0 Å². The first-order chi connectivity index (χ1) is 13.0. The van der Waals surface area contributed by atoms with Crippen LogP contribution in [-0.4, -0.2) is 41.9 Å². The second-order valence-electron chi connectivity index (χ2n) is 8.61. The highest BCUT2D eigenvalue weighted by molar-refractivity contribution is 5.92. The van der Waals surface area contributed by atoms with Crippen molar-refractivity contribution >= 4 is 17.5 Å². The highest BCUT2D eigenvalue weighted by Gasteiger charge is 2.31. The van der Waals surface area contributed by atoms with E-state index >= 15 is 0 Å². The van der Waals surface area contributed by atoms with Crippen molar-refractivity contribution in [3.05, 3.63) is 30.3 Å². The lowest BCUT2D eigenvalue weighted by Crippen LogP contribution is -2.51. The molecule has 5 nitrogen and oxygen atoms in total. The van der Waals surface area contributed by atoms with Gasteiger partial charge in [-0.25, -0.2) is 0 Å². The van der Waals surface area contributed by atoms with Gasteiger partial charge in [0.1, 0.15) is 0 Å². The lowest BCUT2D eigenvalue weighted by molar-refractivity contribution is -0.134. The monoisotopic (exact) mass is 371 g/mol. The van der Waals surface area contributed by atoms with Crippen molar-refractivity contribution in [1.82, 2.24) is 10.2 Å². The van der Waals surface area contributed by atoms with Crippen molar-refractivity contribution < 1.29 is 9.59 Å². The predicted octanol–water partition coefficient (Wildman–Crippen LogP) is 3.42. The fraction of sp³-hybridized carbons (Fsp3) is 0.636. The van der Waals surface area contributed by atoms with Crippen molar-refractivity contribution in [2.45, 2.75) is 57.9 Å². The number of carbonyl (C=O) groups excluding carboxylic acids is 2. The van der Waals surface area contributed by atoms with E-state index in [1.165, 1.54) is 12.8 Å². The van der Waals surface area contributed by atoms with E-state index in [2.05, 4.69) is 24.5 Å². The summed E-state index contributed by atoms with van der Waals surface area (Å²) in [5.74, 6) is 1.02. The average Bonchev–Trinajstić information content (AvgIpc) is 2.70. The second kappa shape index (κ2) is 8.87. The third-order valence-corrected chi connectivity index (χ3v) is 6.30. The number of anilines is 1. The summed E-state index contributed by atoms with van der Waals surface area (Å²) in [4.78, 5) is 26.9. The van der Waals surface area contributed by atoms with Crippen LogP contribution in [0.3, 0.4) is 0 Å². The molecule has 27 heavy (non-hydrogen) atoms. The molecule has 1 aliphatic carbocycles. The molecular formula is C22H33N3O2. The summed E-state index contributed by atoms with van der Waals surface area (Å²) in [5.41, 5.74) is 0.927. The third-order valence-electron chi connectivity index (χ3n) is 6.30. The molecule has 0 unspecified atom stereocenters. The van der Waals surface area contributed by atoms with Crippen LogP contribution in [0.2, 0.25) is 0 Å². The van der Waals surface area contributed by atoms with Crippen LogP contribution in [0.1, 0.15) is 52.4 Å². The Morgan fingerprint density at radius 2 is 1.70 bits per heavy atom. The summed E-state index contributed by atoms with van der Waals surface area (Å²) in [6.45, 7) is 6.29. The third kappa shape index (κ3) is 5.55. The molecule has 1 aromatic rings. The molecule has 2 N–H and O–H groups in total. The molecule has 2 amide bonds. The molecule has 1 aromatic carbocycles. The molecule has 3 rings (SSSR count). The first-order valence-electron chi connectivity index (χ1n) is 10.3. The molecule has 5 heteroatoms. The van der Waals surface area contributed by atoms with Gasteiger partial charge in [-0.2, -0.15) is 0 Å². The molecule has 1 saturated heterocycles. The van der Waals surface area contributed by atoms with Crippen LogP contribution in [0, 0.1) is 11.8 Å². The Morgan fingerprint density at radius 3 is 2.33 bits per heavy atom. The second-order valence-corrected chi connectivity index (χ2v) is 8.61. The van der Waals surface area contributed by atoms with E-state index in [4.69, 9.17) is 0 Å². The van der Waals surface area contributed by atoms with Gasteiger partial charge in [0.25, 0.3) is 0 Å². The minimum atomic E-state index is -0.0143. The molecule has 148 valence electrons. The minimum absolute atomic E-state index is 0.0143. The van der Waals surface area contributed by atoms with Crippen LogP contribution < -0.4 is 10.6 Å². The van der Waals surface area contributed by atoms with Gasteiger partial charge in [-0.15, -0.1) is 0 Å². The topological polar surface area (TPSA) is 61.4 Å². The summed E-state index contributed by atoms with van der Waals surface area (Å²) < 4.78 is 0. The molecule has 2 fully saturated rings. The number of hydrogen-bond donors (Lipinski definition) is 2. The summed E-state index contributed by atoms with van der Waals surface area (Å²) >= 11 is 0. The predicted molar refractivity (Wildman–Crippen MR) is 108 cm³/mol. The molecule has 1 saturated carbocycles. The van der Waals surface area contributed by atoms with Gasteiger partial charge < -0.3 is 15.5 Å². The normalized spacial score (nSPS) is 26.6. The van der Waals surface area contributed by atoms with Crippen LogP contribution in [0.5, 0.6) is 0 Å². The number of nitrogens with one attached hydrogen (secondary N) is 2. The van der Waals surface area contributed by atoms with Gasteiger partial charge in [0.15, 0.2) is 0 Å². The molecule has 1 aliphatic heterocycles. The molecule has 0 aromatic heterocycles. The number of hydrogen-bond acceptors (Lipinski definition) is 3. The number of benzene rings is 1. The molecule has 2 aliphatic rings. The molecule has 0 radical (unpaired) electrons. The van der Waals surface area contributed by atoms with Crippen LogP contribution in [0.15, 0.2) is 30.3 Å². The van der Waals surface area contributed by atoms with Crippen molar-refractivity contribution in [3.8, 4) is 0 Å². The Labute approximate surface area is 162 Å². The van der Waals surface area contributed by atoms with E-state index in [1.807, 2.05) is 35.2 Å². The van der Waals surface area contributed by atoms with Crippen molar-refractivity contribution in [1.29, 1.82) is 0 Å². The number of rotatable bonds is 5. The van der Waals surface area contributed by atoms with Crippen molar-refractivity contribution in [3.63, 3.8) is 0 Å². The number of piperidine rings is 1. The lowest BCUT2D eigenvalue weighted by atomic mass is 9.78. The van der Waals surface area contributed by atoms with Crippen LogP contribution in [0.25, 0.3) is 0 Å². The SMILES string of the molecule is CC1CCC(C)(NCC(=O)N2CCC(C(=O)Nc3ccccc3)CC2)CC1. The Hall–Kier alpha value is -1.88. The van der Waals surface area contributed by atoms with Gasteiger partial charge in [-0.1, -0.05) is 25.1 Å². The smallest absolute Gasteiger partial charge is 0.236 e. The number of amides is 2. The highest BCUT2D eigenvalue weighted by Crippen LogP contribution is 2.31. The number of carbonyl (C=O) groups is 2. The number of likely N-dealkylation sites (tertiary alicyclic amines) is 1. The molecule has 0 atom stereocenters. The van der Waals surface area contributed by atoms with E-state index in [9.17, 15) is 9.59 Å². The number of para-hydroxylation sites is 1. The standard InChI is InChI=1S/C22H33N3O2/c1-17-8-12-22(2,13-9-17)23-16-20(26)25-14-10-18(11-15-25)21(27)24-19-6-4-3-5-7-19/h3-7,17-18,23H,8-16H2,1-2H3,(H,24,27). The maximum absolute atomic E-state index is 12.6. The van der Waals surface area contributed by atoms with E-state index in [-0.39, 0.29) is 23.3 Å². The maximum Gasteiger partial charge on any atom is 0.236 e. The summed E-state index contributed by atoms with van der Waals surface area (Å²) in [5, 5.41) is 6.49. The fourth-order valence-corrected chi connectivity index (χ4v) is 4.13. The fourth-order valence-electron chi connectivity index (χ4n) is 4.13. The van der Waals surface area contributed by atoms with E-state index in [0.29, 0.717) is 19.6 Å². The van der Waals surface area contributed by atoms with Gasteiger partial charge in [-0.3, -0.25) is 9.59 Å². The first-order valence-corrected chi connectivity index (χ1v) is 10.3. The first kappa shape index (κ1) is 19.9. The van der Waals surface area contributed by atoms with E-state index < -0.39 is 0 Å². The summed E-state index contributed by atoms with van der Waals surface area (Å²) in [6, 6.07) is 9.56. The zero-order valence-electron chi connectivity index (χ0n) is 16.7. The zero-order valence-corrected chi connectivity index (χ0v) is 16.7. The quantitative estimate of drug-likeness (QED) is 0.834. The van der Waals surface area contributed by atoms with Gasteiger partial charge in [0, 0.05) is 30.2 Å². The van der Waals surface area contributed by atoms with E-state index in [1.54, 1.807) is 0 Å². The number of nitrogens with zero attached hydrogens (tertiary/aromatic N) is 1. The molecule has 1 heterocycles. The van der Waals surface area contributed by atoms with Crippen LogP contribution in [0.4, 0.5) is 5.69 Å². The lowest BCUT2D eigenvalue weighted by Gasteiger charge is -2.38. The minimum Gasteiger partial charge on any atom is -0.342 e. The van der Waals surface area contributed by atoms with E-state index in [0.717, 1.165) is 37.3 Å². The van der Waals surface area contributed by atoms with Crippen molar-refractivity contribution in [2.24, 2.45) is 11.8 Å². The molecule has 0 bridgehead atoms. The van der Waals surface area contributed by atoms with Gasteiger partial charge in [0.2, 0.25) is 11.8 Å². The maximum atomic E-state index is 12.6. The largest absolute Gasteiger partial charge is 0.342 e. The van der Waals surface area contributed by atoms with Gasteiger partial charge >= 0.3 is 0 Å². The highest BCUT2D eigenvalue weighted by atomic mass is 16.2. The van der Waals surface area contributed by atoms with Gasteiger partial charge in [-0.05, 0) is 63.5 Å². The Morgan fingerprint density at radius 1 is 1.07 bits per heavy atom. The summed E-state index contributed by atoms with van der Waals surface area (Å²) in [6.07, 6.45) is 6.23. The van der Waals surface area contributed by atoms with Crippen LogP contribution in [-0.2, 0) is 9.59 Å². The van der Waals surface area contributed by atoms with Crippen molar-refractivity contribution in [2.75, 3.05) is 25.0 Å². The Kier molecular flexibility index (Phi) is 6.53. The van der Waals surface area contributed by atoms with Gasteiger partial charge in [0.05, 0.1) is 6.54 Å². The Balaban J connectivity index is 1.40. The average molecular weight is 372 g/mol. The molecular weight excluding hydrogens is 338 g/mol. The zero-order chi connectivity index (χ0) is 19.3. The Bertz CT molecular complexity index is 630. The molecule has 0 spiro atoms. The summed E-state index contributed by atoms with van der Waals surface area (Å²) in [7, 11) is 0.